The zero-order chi connectivity index (χ0) is 25.6. The largest absolute Gasteiger partial charge is 0.361 e. The number of nitrogens with one attached hydrogen (secondary N) is 3. The molecule has 3 heterocycles. The van der Waals surface area contributed by atoms with Crippen molar-refractivity contribution in [3.63, 3.8) is 0 Å². The Morgan fingerprint density at radius 3 is 2.62 bits per heavy atom. The molecule has 0 spiro atoms. The lowest BCUT2D eigenvalue weighted by atomic mass is 10.1. The van der Waals surface area contributed by atoms with E-state index in [9.17, 15) is 18.0 Å². The number of aromatic nitrogens is 2. The predicted octanol–water partition coefficient (Wildman–Crippen LogP) is 4.56. The lowest BCUT2D eigenvalue weighted by molar-refractivity contribution is 0.0949. The van der Waals surface area contributed by atoms with E-state index in [4.69, 9.17) is 0 Å². The topological polar surface area (TPSA) is 121 Å². The number of carbonyl (C=O) groups is 2. The van der Waals surface area contributed by atoms with Crippen LogP contribution in [0.1, 0.15) is 26.3 Å². The highest BCUT2D eigenvalue weighted by Crippen LogP contribution is 2.34. The number of rotatable bonds is 4. The van der Waals surface area contributed by atoms with Crippen molar-refractivity contribution in [1.29, 1.82) is 0 Å². The van der Waals surface area contributed by atoms with Gasteiger partial charge in [-0.25, -0.2) is 8.42 Å². The first kappa shape index (κ1) is 22.7. The number of carbonyl (C=O) groups excluding carboxylic acids is 2. The van der Waals surface area contributed by atoms with Crippen molar-refractivity contribution < 1.29 is 18.0 Å². The summed E-state index contributed by atoms with van der Waals surface area (Å²) in [5.74, 6) is -0.949. The number of anilines is 1. The fraction of sp³-hybridized carbons (Fsp3) is 0.0357. The van der Waals surface area contributed by atoms with Crippen LogP contribution >= 0.6 is 0 Å². The summed E-state index contributed by atoms with van der Waals surface area (Å²) in [4.78, 5) is 33.1. The summed E-state index contributed by atoms with van der Waals surface area (Å²) in [6.07, 6.45) is 3.60. The molecule has 0 saturated heterocycles. The van der Waals surface area contributed by atoms with Crippen LogP contribution in [0.25, 0.3) is 22.2 Å². The highest BCUT2D eigenvalue weighted by molar-refractivity contribution is 7.91. The molecule has 0 aliphatic carbocycles. The average molecular weight is 509 g/mol. The summed E-state index contributed by atoms with van der Waals surface area (Å²) >= 11 is 0. The van der Waals surface area contributed by atoms with Crippen LogP contribution in [0.2, 0.25) is 0 Å². The Hall–Kier alpha value is -4.76. The monoisotopic (exact) mass is 508 g/mol. The van der Waals surface area contributed by atoms with E-state index in [1.54, 1.807) is 18.3 Å². The standard InChI is InChI=1S/C28H20N4O4S/c33-27(31-16-17-5-8-23(30-15-17)18-6-9-22-19(13-18)11-12-29-22)20-7-10-26-24(14-20)32-28(34)21-3-1-2-4-25(21)37(26,35)36/h1-15,29H,16H2,(H,31,33)(H,32,34). The van der Waals surface area contributed by atoms with Crippen LogP contribution in [-0.2, 0) is 16.4 Å². The van der Waals surface area contributed by atoms with Crippen LogP contribution in [0.4, 0.5) is 5.69 Å². The average Bonchev–Trinajstić information content (AvgIpc) is 3.37. The van der Waals surface area contributed by atoms with Crippen molar-refractivity contribution >= 4 is 38.2 Å². The number of nitrogens with zero attached hydrogens (tertiary/aromatic N) is 1. The smallest absolute Gasteiger partial charge is 0.257 e. The maximum atomic E-state index is 13.1. The maximum Gasteiger partial charge on any atom is 0.257 e. The molecule has 6 rings (SSSR count). The van der Waals surface area contributed by atoms with Gasteiger partial charge < -0.3 is 15.6 Å². The highest BCUT2D eigenvalue weighted by atomic mass is 32.2. The van der Waals surface area contributed by atoms with Gasteiger partial charge in [-0.15, -0.1) is 0 Å². The van der Waals surface area contributed by atoms with Crippen LogP contribution in [-0.4, -0.2) is 30.2 Å². The molecular weight excluding hydrogens is 488 g/mol. The summed E-state index contributed by atoms with van der Waals surface area (Å²) in [6, 6.07) is 22.1. The first-order valence-corrected chi connectivity index (χ1v) is 13.0. The second-order valence-electron chi connectivity index (χ2n) is 8.68. The number of benzene rings is 3. The maximum absolute atomic E-state index is 13.1. The zero-order valence-corrected chi connectivity index (χ0v) is 20.2. The van der Waals surface area contributed by atoms with Crippen molar-refractivity contribution in [3.05, 3.63) is 108 Å². The van der Waals surface area contributed by atoms with Crippen molar-refractivity contribution in [3.8, 4) is 11.3 Å². The summed E-state index contributed by atoms with van der Waals surface area (Å²) < 4.78 is 26.3. The van der Waals surface area contributed by atoms with Crippen molar-refractivity contribution in [2.75, 3.05) is 5.32 Å². The third kappa shape index (κ3) is 4.05. The van der Waals surface area contributed by atoms with E-state index in [0.29, 0.717) is 0 Å². The van der Waals surface area contributed by atoms with Crippen molar-refractivity contribution in [1.82, 2.24) is 15.3 Å². The van der Waals surface area contributed by atoms with Crippen LogP contribution in [0, 0.1) is 0 Å². The molecule has 0 radical (unpaired) electrons. The first-order valence-electron chi connectivity index (χ1n) is 11.5. The van der Waals surface area contributed by atoms with Gasteiger partial charge in [0, 0.05) is 41.0 Å². The lowest BCUT2D eigenvalue weighted by Gasteiger charge is -2.10. The van der Waals surface area contributed by atoms with Crippen LogP contribution in [0.3, 0.4) is 0 Å². The fourth-order valence-electron chi connectivity index (χ4n) is 4.40. The second kappa shape index (κ2) is 8.72. The van der Waals surface area contributed by atoms with Gasteiger partial charge in [0.05, 0.1) is 26.7 Å². The molecule has 9 heteroatoms. The minimum atomic E-state index is -3.93. The highest BCUT2D eigenvalue weighted by Gasteiger charge is 2.31. The molecule has 0 atom stereocenters. The minimum absolute atomic E-state index is 0.0556. The summed E-state index contributed by atoms with van der Waals surface area (Å²) in [6.45, 7) is 0.232. The Labute approximate surface area is 212 Å². The number of hydrogen-bond donors (Lipinski definition) is 3. The molecule has 37 heavy (non-hydrogen) atoms. The van der Waals surface area contributed by atoms with Gasteiger partial charge in [-0.2, -0.15) is 0 Å². The molecule has 0 saturated carbocycles. The van der Waals surface area contributed by atoms with E-state index in [1.807, 2.05) is 36.5 Å². The summed E-state index contributed by atoms with van der Waals surface area (Å²) in [5.41, 5.74) is 4.04. The Morgan fingerprint density at radius 1 is 0.919 bits per heavy atom. The molecule has 1 aliphatic rings. The van der Waals surface area contributed by atoms with E-state index < -0.39 is 21.7 Å². The Balaban J connectivity index is 1.19. The van der Waals surface area contributed by atoms with E-state index in [0.717, 1.165) is 27.7 Å². The Morgan fingerprint density at radius 2 is 1.78 bits per heavy atom. The van der Waals surface area contributed by atoms with Gasteiger partial charge in [-0.3, -0.25) is 14.6 Å². The number of H-pyrrole nitrogens is 1. The summed E-state index contributed by atoms with van der Waals surface area (Å²) in [5, 5.41) is 6.55. The van der Waals surface area contributed by atoms with Gasteiger partial charge in [0.15, 0.2) is 0 Å². The molecule has 8 nitrogen and oxygen atoms in total. The van der Waals surface area contributed by atoms with Gasteiger partial charge in [0.2, 0.25) is 9.84 Å². The molecule has 1 aliphatic heterocycles. The van der Waals surface area contributed by atoms with Gasteiger partial charge in [0.25, 0.3) is 11.8 Å². The molecule has 3 aromatic carbocycles. The van der Waals surface area contributed by atoms with Gasteiger partial charge >= 0.3 is 0 Å². The van der Waals surface area contributed by atoms with Gasteiger partial charge in [-0.1, -0.05) is 24.3 Å². The Kier molecular flexibility index (Phi) is 5.35. The quantitative estimate of drug-likeness (QED) is 0.329. The number of fused-ring (bicyclic) bond motifs is 3. The van der Waals surface area contributed by atoms with Gasteiger partial charge in [0.1, 0.15) is 0 Å². The third-order valence-electron chi connectivity index (χ3n) is 6.33. The second-order valence-corrected chi connectivity index (χ2v) is 10.6. The van der Waals surface area contributed by atoms with E-state index in [1.165, 1.54) is 30.3 Å². The molecular formula is C28H20N4O4S. The van der Waals surface area contributed by atoms with Crippen LogP contribution in [0.15, 0.2) is 101 Å². The van der Waals surface area contributed by atoms with Crippen LogP contribution in [0.5, 0.6) is 0 Å². The van der Waals surface area contributed by atoms with E-state index >= 15 is 0 Å². The number of hydrogen-bond acceptors (Lipinski definition) is 5. The van der Waals surface area contributed by atoms with Crippen LogP contribution < -0.4 is 10.6 Å². The molecule has 2 aromatic heterocycles. The minimum Gasteiger partial charge on any atom is -0.361 e. The Bertz CT molecular complexity index is 1810. The predicted molar refractivity (Wildman–Crippen MR) is 139 cm³/mol. The first-order chi connectivity index (χ1) is 17.9. The number of aromatic amines is 1. The molecule has 2 amide bonds. The summed E-state index contributed by atoms with van der Waals surface area (Å²) in [7, 11) is -3.93. The van der Waals surface area contributed by atoms with Crippen molar-refractivity contribution in [2.45, 2.75) is 16.3 Å². The molecule has 3 N–H and O–H groups in total. The number of amides is 2. The van der Waals surface area contributed by atoms with Crippen molar-refractivity contribution in [2.24, 2.45) is 0 Å². The van der Waals surface area contributed by atoms with Gasteiger partial charge in [-0.05, 0) is 60.2 Å². The number of pyridine rings is 1. The third-order valence-corrected chi connectivity index (χ3v) is 8.20. The zero-order valence-electron chi connectivity index (χ0n) is 19.4. The normalized spacial score (nSPS) is 13.8. The van der Waals surface area contributed by atoms with E-state index in [-0.39, 0.29) is 33.2 Å². The lowest BCUT2D eigenvalue weighted by Crippen LogP contribution is -2.23. The molecule has 0 unspecified atom stereocenters. The van der Waals surface area contributed by atoms with E-state index in [2.05, 4.69) is 26.7 Å². The molecule has 182 valence electrons. The molecule has 5 aromatic rings. The number of sulfone groups is 1. The SMILES string of the molecule is O=C(NCc1ccc(-c2ccc3[nH]ccc3c2)nc1)c1ccc2c(c1)NC(=O)c1ccccc1S2(=O)=O. The molecule has 0 bridgehead atoms. The molecule has 0 fully saturated rings. The fourth-order valence-corrected chi connectivity index (χ4v) is 5.99.